The van der Waals surface area contributed by atoms with Crippen molar-refractivity contribution in [1.82, 2.24) is 0 Å². The molecular formula is C15H23NO3. The highest BCUT2D eigenvalue weighted by atomic mass is 16.6. The quantitative estimate of drug-likeness (QED) is 0.790. The van der Waals surface area contributed by atoms with Crippen molar-refractivity contribution in [2.75, 3.05) is 6.61 Å². The zero-order valence-corrected chi connectivity index (χ0v) is 11.8. The van der Waals surface area contributed by atoms with Crippen LogP contribution in [0, 0.1) is 0 Å². The fourth-order valence-electron chi connectivity index (χ4n) is 1.78. The lowest BCUT2D eigenvalue weighted by molar-refractivity contribution is -0.153. The topological polar surface area (TPSA) is 72.5 Å². The standard InChI is InChI=1S/C15H23NO3/c1-15(2,3)19-14(18)9-12-6-4-5-11(7-12)8-13(16)10-17/h4-7,13,17H,8-10,16H2,1-3H3/t13-/m0/s1. The van der Waals surface area contributed by atoms with Crippen LogP contribution in [0.15, 0.2) is 24.3 Å². The summed E-state index contributed by atoms with van der Waals surface area (Å²) in [5, 5.41) is 8.94. The molecular weight excluding hydrogens is 242 g/mol. The number of esters is 1. The van der Waals surface area contributed by atoms with Crippen LogP contribution in [0.3, 0.4) is 0 Å². The van der Waals surface area contributed by atoms with E-state index in [0.717, 1.165) is 11.1 Å². The van der Waals surface area contributed by atoms with Gasteiger partial charge in [-0.25, -0.2) is 0 Å². The highest BCUT2D eigenvalue weighted by Crippen LogP contribution is 2.12. The van der Waals surface area contributed by atoms with E-state index in [9.17, 15) is 4.79 Å². The summed E-state index contributed by atoms with van der Waals surface area (Å²) in [5.74, 6) is -0.240. The molecule has 0 amide bonds. The molecule has 0 spiro atoms. The van der Waals surface area contributed by atoms with Crippen LogP contribution in [0.25, 0.3) is 0 Å². The molecule has 0 unspecified atom stereocenters. The van der Waals surface area contributed by atoms with Gasteiger partial charge in [-0.2, -0.15) is 0 Å². The number of carbonyl (C=O) groups excluding carboxylic acids is 1. The third kappa shape index (κ3) is 6.36. The van der Waals surface area contributed by atoms with Crippen LogP contribution in [0.1, 0.15) is 31.9 Å². The summed E-state index contributed by atoms with van der Waals surface area (Å²) in [6.07, 6.45) is 0.845. The van der Waals surface area contributed by atoms with Crippen molar-refractivity contribution in [2.45, 2.75) is 45.3 Å². The van der Waals surface area contributed by atoms with E-state index in [-0.39, 0.29) is 25.0 Å². The van der Waals surface area contributed by atoms with Crippen molar-refractivity contribution < 1.29 is 14.6 Å². The molecule has 19 heavy (non-hydrogen) atoms. The molecule has 0 aliphatic heterocycles. The monoisotopic (exact) mass is 265 g/mol. The van der Waals surface area contributed by atoms with Crippen LogP contribution in [0.2, 0.25) is 0 Å². The Balaban J connectivity index is 2.64. The Labute approximate surface area is 114 Å². The van der Waals surface area contributed by atoms with Crippen LogP contribution in [0.5, 0.6) is 0 Å². The van der Waals surface area contributed by atoms with Crippen molar-refractivity contribution >= 4 is 5.97 Å². The van der Waals surface area contributed by atoms with Gasteiger partial charge in [-0.05, 0) is 38.3 Å². The Morgan fingerprint density at radius 3 is 2.58 bits per heavy atom. The Morgan fingerprint density at radius 2 is 2.00 bits per heavy atom. The van der Waals surface area contributed by atoms with Gasteiger partial charge in [0, 0.05) is 6.04 Å². The van der Waals surface area contributed by atoms with Gasteiger partial charge in [0.05, 0.1) is 13.0 Å². The van der Waals surface area contributed by atoms with E-state index in [0.29, 0.717) is 6.42 Å². The fourth-order valence-corrected chi connectivity index (χ4v) is 1.78. The van der Waals surface area contributed by atoms with Gasteiger partial charge in [-0.15, -0.1) is 0 Å². The van der Waals surface area contributed by atoms with E-state index in [1.807, 2.05) is 45.0 Å². The van der Waals surface area contributed by atoms with Crippen LogP contribution in [-0.2, 0) is 22.4 Å². The summed E-state index contributed by atoms with van der Waals surface area (Å²) in [6, 6.07) is 7.38. The molecule has 4 nitrogen and oxygen atoms in total. The lowest BCUT2D eigenvalue weighted by atomic mass is 10.0. The van der Waals surface area contributed by atoms with Gasteiger partial charge in [0.25, 0.3) is 0 Å². The SMILES string of the molecule is CC(C)(C)OC(=O)Cc1cccc(C[C@H](N)CO)c1. The third-order valence-electron chi connectivity index (χ3n) is 2.49. The minimum Gasteiger partial charge on any atom is -0.460 e. The maximum atomic E-state index is 11.7. The van der Waals surface area contributed by atoms with Crippen molar-refractivity contribution in [1.29, 1.82) is 0 Å². The average molecular weight is 265 g/mol. The Morgan fingerprint density at radius 1 is 1.37 bits per heavy atom. The van der Waals surface area contributed by atoms with E-state index in [2.05, 4.69) is 0 Å². The van der Waals surface area contributed by atoms with Gasteiger partial charge < -0.3 is 15.6 Å². The van der Waals surface area contributed by atoms with Crippen LogP contribution < -0.4 is 5.73 Å². The van der Waals surface area contributed by atoms with E-state index >= 15 is 0 Å². The lowest BCUT2D eigenvalue weighted by Gasteiger charge is -2.19. The van der Waals surface area contributed by atoms with E-state index in [1.54, 1.807) is 0 Å². The zero-order valence-electron chi connectivity index (χ0n) is 11.8. The highest BCUT2D eigenvalue weighted by molar-refractivity contribution is 5.73. The first-order valence-corrected chi connectivity index (χ1v) is 6.46. The molecule has 1 aromatic rings. The third-order valence-corrected chi connectivity index (χ3v) is 2.49. The fraction of sp³-hybridized carbons (Fsp3) is 0.533. The Kier molecular flexibility index (Phi) is 5.51. The second-order valence-electron chi connectivity index (χ2n) is 5.73. The number of aliphatic hydroxyl groups excluding tert-OH is 1. The number of carbonyl (C=O) groups is 1. The molecule has 1 rings (SSSR count). The number of hydrogen-bond donors (Lipinski definition) is 2. The van der Waals surface area contributed by atoms with Crippen molar-refractivity contribution in [2.24, 2.45) is 5.73 Å². The first-order chi connectivity index (χ1) is 8.80. The maximum Gasteiger partial charge on any atom is 0.310 e. The van der Waals surface area contributed by atoms with Crippen molar-refractivity contribution in [3.05, 3.63) is 35.4 Å². The number of benzene rings is 1. The second kappa shape index (κ2) is 6.68. The molecule has 3 N–H and O–H groups in total. The molecule has 0 bridgehead atoms. The molecule has 1 aromatic carbocycles. The van der Waals surface area contributed by atoms with Crippen molar-refractivity contribution in [3.63, 3.8) is 0 Å². The lowest BCUT2D eigenvalue weighted by Crippen LogP contribution is -2.27. The van der Waals surface area contributed by atoms with Gasteiger partial charge >= 0.3 is 5.97 Å². The average Bonchev–Trinajstić information content (AvgIpc) is 2.26. The maximum absolute atomic E-state index is 11.7. The number of rotatable bonds is 5. The summed E-state index contributed by atoms with van der Waals surface area (Å²) < 4.78 is 5.28. The smallest absolute Gasteiger partial charge is 0.310 e. The van der Waals surface area contributed by atoms with Gasteiger partial charge in [0.2, 0.25) is 0 Å². The largest absolute Gasteiger partial charge is 0.460 e. The zero-order chi connectivity index (χ0) is 14.5. The predicted octanol–water partition coefficient (Wildman–Crippen LogP) is 1.43. The van der Waals surface area contributed by atoms with Gasteiger partial charge in [0.15, 0.2) is 0 Å². The Bertz CT molecular complexity index is 424. The number of nitrogens with two attached hydrogens (primary N) is 1. The van der Waals surface area contributed by atoms with Gasteiger partial charge in [0.1, 0.15) is 5.60 Å². The predicted molar refractivity (Wildman–Crippen MR) is 74.8 cm³/mol. The van der Waals surface area contributed by atoms with E-state index in [1.165, 1.54) is 0 Å². The molecule has 0 fully saturated rings. The molecule has 0 aliphatic rings. The normalized spacial score (nSPS) is 13.1. The number of hydrogen-bond acceptors (Lipinski definition) is 4. The summed E-state index contributed by atoms with van der Waals surface area (Å²) >= 11 is 0. The molecule has 0 saturated heterocycles. The first kappa shape index (κ1) is 15.7. The molecule has 0 radical (unpaired) electrons. The van der Waals surface area contributed by atoms with E-state index < -0.39 is 5.60 Å². The number of aliphatic hydroxyl groups is 1. The minimum atomic E-state index is -0.464. The number of ether oxygens (including phenoxy) is 1. The summed E-state index contributed by atoms with van der Waals surface area (Å²) in [5.41, 5.74) is 7.15. The first-order valence-electron chi connectivity index (χ1n) is 6.46. The van der Waals surface area contributed by atoms with Crippen molar-refractivity contribution in [3.8, 4) is 0 Å². The molecule has 0 aromatic heterocycles. The molecule has 0 saturated carbocycles. The minimum absolute atomic E-state index is 0.0453. The second-order valence-corrected chi connectivity index (χ2v) is 5.73. The Hall–Kier alpha value is -1.39. The summed E-state index contributed by atoms with van der Waals surface area (Å²) in [7, 11) is 0. The van der Waals surface area contributed by atoms with Crippen LogP contribution >= 0.6 is 0 Å². The molecule has 0 aliphatic carbocycles. The molecule has 1 atom stereocenters. The highest BCUT2D eigenvalue weighted by Gasteiger charge is 2.16. The van der Waals surface area contributed by atoms with E-state index in [4.69, 9.17) is 15.6 Å². The molecule has 106 valence electrons. The van der Waals surface area contributed by atoms with Gasteiger partial charge in [-0.1, -0.05) is 24.3 Å². The van der Waals surface area contributed by atoms with Gasteiger partial charge in [-0.3, -0.25) is 4.79 Å². The van der Waals surface area contributed by atoms with Crippen LogP contribution in [0.4, 0.5) is 0 Å². The molecule has 0 heterocycles. The summed E-state index contributed by atoms with van der Waals surface area (Å²) in [4.78, 5) is 11.7. The summed E-state index contributed by atoms with van der Waals surface area (Å²) in [6.45, 7) is 5.50. The van der Waals surface area contributed by atoms with Crippen LogP contribution in [-0.4, -0.2) is 29.3 Å². The molecule has 4 heteroatoms.